The van der Waals surface area contributed by atoms with Crippen LogP contribution in [-0.4, -0.2) is 12.6 Å². The van der Waals surface area contributed by atoms with Crippen molar-refractivity contribution in [3.05, 3.63) is 59.9 Å². The van der Waals surface area contributed by atoms with Crippen LogP contribution in [0.5, 0.6) is 0 Å². The molecule has 0 atom stereocenters. The maximum absolute atomic E-state index is 12.9. The fourth-order valence-corrected chi connectivity index (χ4v) is 1.95. The Hall–Kier alpha value is -2.89. The molecule has 0 saturated heterocycles. The fraction of sp³-hybridized carbons (Fsp3) is 0.118. The fourth-order valence-electron chi connectivity index (χ4n) is 1.95. The standard InChI is InChI=1S/C17H13FN2O/c1-2-11-20(12-14-3-5-15(18)6-4-14)17-9-7-16(8-10-17)19-13-21/h1,3-10H,11-12H2. The maximum atomic E-state index is 12.9. The van der Waals surface area contributed by atoms with Gasteiger partial charge in [0.1, 0.15) is 5.82 Å². The summed E-state index contributed by atoms with van der Waals surface area (Å²) in [6.45, 7) is 0.994. The van der Waals surface area contributed by atoms with Crippen LogP contribution in [-0.2, 0) is 11.3 Å². The molecule has 0 aliphatic rings. The van der Waals surface area contributed by atoms with Crippen molar-refractivity contribution in [2.24, 2.45) is 4.99 Å². The molecular weight excluding hydrogens is 267 g/mol. The van der Waals surface area contributed by atoms with Gasteiger partial charge < -0.3 is 4.90 Å². The Morgan fingerprint density at radius 3 is 2.33 bits per heavy atom. The van der Waals surface area contributed by atoms with Crippen molar-refractivity contribution in [3.8, 4) is 12.3 Å². The lowest BCUT2D eigenvalue weighted by Gasteiger charge is -2.22. The average molecular weight is 280 g/mol. The molecule has 0 unspecified atom stereocenters. The minimum absolute atomic E-state index is 0.265. The molecule has 0 spiro atoms. The molecule has 4 heteroatoms. The summed E-state index contributed by atoms with van der Waals surface area (Å²) in [6.07, 6.45) is 6.90. The van der Waals surface area contributed by atoms with Crippen LogP contribution in [0.1, 0.15) is 5.56 Å². The highest BCUT2D eigenvalue weighted by atomic mass is 19.1. The van der Waals surface area contributed by atoms with Gasteiger partial charge in [-0.2, -0.15) is 4.99 Å². The van der Waals surface area contributed by atoms with Crippen LogP contribution in [0.3, 0.4) is 0 Å². The van der Waals surface area contributed by atoms with E-state index in [4.69, 9.17) is 6.42 Å². The summed E-state index contributed by atoms with van der Waals surface area (Å²) in [7, 11) is 0. The molecule has 0 radical (unpaired) electrons. The lowest BCUT2D eigenvalue weighted by atomic mass is 10.2. The van der Waals surface area contributed by atoms with E-state index in [-0.39, 0.29) is 5.82 Å². The van der Waals surface area contributed by atoms with Gasteiger partial charge in [0.15, 0.2) is 0 Å². The molecule has 2 aromatic carbocycles. The quantitative estimate of drug-likeness (QED) is 0.477. The van der Waals surface area contributed by atoms with Crippen molar-refractivity contribution in [2.45, 2.75) is 6.54 Å². The first-order valence-electron chi connectivity index (χ1n) is 6.33. The Balaban J connectivity index is 2.20. The van der Waals surface area contributed by atoms with Crippen LogP contribution in [0.4, 0.5) is 15.8 Å². The molecule has 0 heterocycles. The van der Waals surface area contributed by atoms with E-state index in [0.29, 0.717) is 18.8 Å². The van der Waals surface area contributed by atoms with E-state index in [1.807, 2.05) is 17.0 Å². The number of rotatable bonds is 5. The molecule has 2 rings (SSSR count). The number of nitrogens with zero attached hydrogens (tertiary/aromatic N) is 2. The monoisotopic (exact) mass is 280 g/mol. The Morgan fingerprint density at radius 2 is 1.76 bits per heavy atom. The highest BCUT2D eigenvalue weighted by molar-refractivity contribution is 5.56. The third kappa shape index (κ3) is 4.04. The van der Waals surface area contributed by atoms with Gasteiger partial charge in [-0.3, -0.25) is 0 Å². The molecule has 0 saturated carbocycles. The summed E-state index contributed by atoms with van der Waals surface area (Å²) >= 11 is 0. The van der Waals surface area contributed by atoms with Crippen LogP contribution in [0.25, 0.3) is 0 Å². The number of carbonyl (C=O) groups excluding carboxylic acids is 1. The van der Waals surface area contributed by atoms with E-state index in [0.717, 1.165) is 11.3 Å². The lowest BCUT2D eigenvalue weighted by molar-refractivity contribution is 0.565. The van der Waals surface area contributed by atoms with Gasteiger partial charge in [-0.15, -0.1) is 6.42 Å². The highest BCUT2D eigenvalue weighted by Gasteiger charge is 2.06. The molecule has 0 N–H and O–H groups in total. The van der Waals surface area contributed by atoms with Gasteiger partial charge in [0, 0.05) is 12.2 Å². The van der Waals surface area contributed by atoms with Crippen molar-refractivity contribution >= 4 is 17.5 Å². The summed E-state index contributed by atoms with van der Waals surface area (Å²) in [5.74, 6) is 2.34. The van der Waals surface area contributed by atoms with Gasteiger partial charge in [-0.25, -0.2) is 9.18 Å². The number of hydrogen-bond acceptors (Lipinski definition) is 3. The zero-order valence-electron chi connectivity index (χ0n) is 11.3. The first-order valence-corrected chi connectivity index (χ1v) is 6.33. The second kappa shape index (κ2) is 7.04. The largest absolute Gasteiger partial charge is 0.356 e. The van der Waals surface area contributed by atoms with Gasteiger partial charge in [0.2, 0.25) is 6.08 Å². The van der Waals surface area contributed by atoms with Gasteiger partial charge in [0.05, 0.1) is 12.2 Å². The van der Waals surface area contributed by atoms with E-state index in [9.17, 15) is 9.18 Å². The predicted octanol–water partition coefficient (Wildman–Crippen LogP) is 3.43. The van der Waals surface area contributed by atoms with Gasteiger partial charge in [-0.05, 0) is 42.0 Å². The first kappa shape index (κ1) is 14.5. The topological polar surface area (TPSA) is 32.7 Å². The maximum Gasteiger partial charge on any atom is 0.240 e. The Bertz CT molecular complexity index is 680. The molecule has 2 aromatic rings. The number of isocyanates is 1. The number of benzene rings is 2. The first-order chi connectivity index (χ1) is 10.2. The van der Waals surface area contributed by atoms with E-state index >= 15 is 0 Å². The van der Waals surface area contributed by atoms with Crippen LogP contribution >= 0.6 is 0 Å². The molecule has 3 nitrogen and oxygen atoms in total. The molecular formula is C17H13FN2O. The van der Waals surface area contributed by atoms with Crippen molar-refractivity contribution in [3.63, 3.8) is 0 Å². The van der Waals surface area contributed by atoms with Crippen LogP contribution in [0.15, 0.2) is 53.5 Å². The van der Waals surface area contributed by atoms with Crippen molar-refractivity contribution in [2.75, 3.05) is 11.4 Å². The lowest BCUT2D eigenvalue weighted by Crippen LogP contribution is -2.22. The van der Waals surface area contributed by atoms with E-state index < -0.39 is 0 Å². The van der Waals surface area contributed by atoms with Gasteiger partial charge in [-0.1, -0.05) is 18.1 Å². The highest BCUT2D eigenvalue weighted by Crippen LogP contribution is 2.21. The third-order valence-electron chi connectivity index (χ3n) is 2.96. The van der Waals surface area contributed by atoms with Crippen LogP contribution in [0.2, 0.25) is 0 Å². The molecule has 0 aliphatic carbocycles. The van der Waals surface area contributed by atoms with Crippen molar-refractivity contribution in [1.82, 2.24) is 0 Å². The summed E-state index contributed by atoms with van der Waals surface area (Å²) in [4.78, 5) is 15.7. The smallest absolute Gasteiger partial charge is 0.240 e. The number of terminal acetylenes is 1. The van der Waals surface area contributed by atoms with E-state index in [1.54, 1.807) is 24.3 Å². The number of anilines is 1. The van der Waals surface area contributed by atoms with Crippen LogP contribution in [0, 0.1) is 18.2 Å². The molecule has 0 bridgehead atoms. The molecule has 0 amide bonds. The van der Waals surface area contributed by atoms with E-state index in [2.05, 4.69) is 10.9 Å². The second-order valence-corrected chi connectivity index (χ2v) is 4.41. The molecule has 0 aliphatic heterocycles. The minimum atomic E-state index is -0.265. The zero-order chi connectivity index (χ0) is 15.1. The van der Waals surface area contributed by atoms with Gasteiger partial charge >= 0.3 is 0 Å². The predicted molar refractivity (Wildman–Crippen MR) is 80.5 cm³/mol. The minimum Gasteiger partial charge on any atom is -0.356 e. The second-order valence-electron chi connectivity index (χ2n) is 4.41. The third-order valence-corrected chi connectivity index (χ3v) is 2.96. The Labute approximate surface area is 122 Å². The molecule has 0 aromatic heterocycles. The number of hydrogen-bond donors (Lipinski definition) is 0. The number of aliphatic imine (C=N–C) groups is 1. The summed E-state index contributed by atoms with van der Waals surface area (Å²) in [5.41, 5.74) is 2.40. The van der Waals surface area contributed by atoms with Crippen molar-refractivity contribution in [1.29, 1.82) is 0 Å². The summed E-state index contributed by atoms with van der Waals surface area (Å²) in [5, 5.41) is 0. The Morgan fingerprint density at radius 1 is 1.10 bits per heavy atom. The van der Waals surface area contributed by atoms with E-state index in [1.165, 1.54) is 18.2 Å². The Kier molecular flexibility index (Phi) is 4.87. The summed E-state index contributed by atoms with van der Waals surface area (Å²) in [6, 6.07) is 13.4. The van der Waals surface area contributed by atoms with Crippen LogP contribution < -0.4 is 4.90 Å². The van der Waals surface area contributed by atoms with Gasteiger partial charge in [0.25, 0.3) is 0 Å². The summed E-state index contributed by atoms with van der Waals surface area (Å²) < 4.78 is 12.9. The normalized spacial score (nSPS) is 9.52. The average Bonchev–Trinajstić information content (AvgIpc) is 2.50. The SMILES string of the molecule is C#CCN(Cc1ccc(F)cc1)c1ccc(N=C=O)cc1. The molecule has 21 heavy (non-hydrogen) atoms. The van der Waals surface area contributed by atoms with Crippen molar-refractivity contribution < 1.29 is 9.18 Å². The molecule has 104 valence electrons. The zero-order valence-corrected chi connectivity index (χ0v) is 11.3. The number of halogens is 1. The molecule has 0 fully saturated rings.